The highest BCUT2D eigenvalue weighted by molar-refractivity contribution is 5.47. The van der Waals surface area contributed by atoms with Crippen molar-refractivity contribution in [3.63, 3.8) is 0 Å². The lowest BCUT2D eigenvalue weighted by atomic mass is 10.1. The van der Waals surface area contributed by atoms with E-state index in [1.165, 1.54) is 12.1 Å². The largest absolute Gasteiger partial charge is 0.376 e. The molecule has 0 saturated heterocycles. The van der Waals surface area contributed by atoms with Gasteiger partial charge in [0, 0.05) is 12.1 Å². The van der Waals surface area contributed by atoms with E-state index in [9.17, 15) is 8.78 Å². The van der Waals surface area contributed by atoms with Crippen LogP contribution in [0.15, 0.2) is 42.5 Å². The first kappa shape index (κ1) is 13.0. The minimum Gasteiger partial charge on any atom is -0.376 e. The van der Waals surface area contributed by atoms with Crippen LogP contribution in [-0.2, 0) is 0 Å². The molecule has 0 aliphatic rings. The average molecular weight is 258 g/mol. The molecule has 2 aromatic rings. The van der Waals surface area contributed by atoms with Gasteiger partial charge in [0.25, 0.3) is 0 Å². The predicted molar refractivity (Wildman–Crippen MR) is 69.6 cm³/mol. The van der Waals surface area contributed by atoms with Gasteiger partial charge in [-0.1, -0.05) is 12.1 Å². The smallest absolute Gasteiger partial charge is 0.149 e. The van der Waals surface area contributed by atoms with Gasteiger partial charge in [-0.25, -0.2) is 8.78 Å². The molecular weight excluding hydrogens is 246 g/mol. The van der Waals surface area contributed by atoms with E-state index >= 15 is 0 Å². The Labute approximate surface area is 110 Å². The summed E-state index contributed by atoms with van der Waals surface area (Å²) in [7, 11) is 0. The van der Waals surface area contributed by atoms with Crippen LogP contribution in [0.25, 0.3) is 0 Å². The van der Waals surface area contributed by atoms with Gasteiger partial charge in [0.05, 0.1) is 17.3 Å². The Morgan fingerprint density at radius 3 is 2.37 bits per heavy atom. The Morgan fingerprint density at radius 1 is 1.11 bits per heavy atom. The third kappa shape index (κ3) is 3.08. The molecule has 0 bridgehead atoms. The van der Waals surface area contributed by atoms with Gasteiger partial charge in [-0.2, -0.15) is 5.26 Å². The summed E-state index contributed by atoms with van der Waals surface area (Å²) in [6.07, 6.45) is 0. The van der Waals surface area contributed by atoms with Gasteiger partial charge in [0.15, 0.2) is 0 Å². The second-order valence-corrected chi connectivity index (χ2v) is 4.22. The summed E-state index contributed by atoms with van der Waals surface area (Å²) >= 11 is 0. The molecule has 2 rings (SSSR count). The highest BCUT2D eigenvalue weighted by Crippen LogP contribution is 2.22. The quantitative estimate of drug-likeness (QED) is 0.902. The Morgan fingerprint density at radius 2 is 1.79 bits per heavy atom. The van der Waals surface area contributed by atoms with Crippen LogP contribution in [0.5, 0.6) is 0 Å². The lowest BCUT2D eigenvalue weighted by Crippen LogP contribution is -2.08. The van der Waals surface area contributed by atoms with Gasteiger partial charge < -0.3 is 5.32 Å². The molecule has 1 N–H and O–H groups in total. The molecule has 0 fully saturated rings. The molecular formula is C15H12F2N2. The average Bonchev–Trinajstić information content (AvgIpc) is 2.42. The molecule has 0 aromatic heterocycles. The maximum Gasteiger partial charge on any atom is 0.149 e. The van der Waals surface area contributed by atoms with Crippen molar-refractivity contribution in [2.75, 3.05) is 5.32 Å². The van der Waals surface area contributed by atoms with Crippen LogP contribution in [0.2, 0.25) is 0 Å². The van der Waals surface area contributed by atoms with Crippen molar-refractivity contribution in [2.24, 2.45) is 0 Å². The van der Waals surface area contributed by atoms with Crippen LogP contribution in [0.4, 0.5) is 14.5 Å². The van der Waals surface area contributed by atoms with Crippen LogP contribution in [-0.4, -0.2) is 0 Å². The number of hydrogen-bond donors (Lipinski definition) is 1. The van der Waals surface area contributed by atoms with Crippen molar-refractivity contribution in [1.82, 2.24) is 0 Å². The molecule has 2 aromatic carbocycles. The number of nitrogens with zero attached hydrogens (tertiary/aromatic N) is 1. The number of rotatable bonds is 3. The van der Waals surface area contributed by atoms with Gasteiger partial charge in [0.2, 0.25) is 0 Å². The number of benzene rings is 2. The molecule has 1 atom stereocenters. The van der Waals surface area contributed by atoms with Crippen molar-refractivity contribution in [2.45, 2.75) is 13.0 Å². The van der Waals surface area contributed by atoms with E-state index < -0.39 is 11.6 Å². The first-order valence-electron chi connectivity index (χ1n) is 5.82. The Balaban J connectivity index is 2.16. The van der Waals surface area contributed by atoms with Crippen LogP contribution in [0.1, 0.15) is 24.1 Å². The molecule has 4 heteroatoms. The molecule has 96 valence electrons. The topological polar surface area (TPSA) is 35.8 Å². The van der Waals surface area contributed by atoms with Crippen LogP contribution < -0.4 is 5.32 Å². The van der Waals surface area contributed by atoms with E-state index in [0.717, 1.165) is 11.6 Å². The molecule has 19 heavy (non-hydrogen) atoms. The van der Waals surface area contributed by atoms with Crippen molar-refractivity contribution < 1.29 is 8.78 Å². The normalized spacial score (nSPS) is 11.7. The SMILES string of the molecule is CC(Nc1ccc(F)cc1F)c1ccc(C#N)cc1. The third-order valence-electron chi connectivity index (χ3n) is 2.84. The van der Waals surface area contributed by atoms with Crippen molar-refractivity contribution >= 4 is 5.69 Å². The lowest BCUT2D eigenvalue weighted by Gasteiger charge is -2.16. The van der Waals surface area contributed by atoms with E-state index in [0.29, 0.717) is 5.56 Å². The summed E-state index contributed by atoms with van der Waals surface area (Å²) in [6, 6.07) is 12.3. The van der Waals surface area contributed by atoms with Crippen LogP contribution in [0, 0.1) is 23.0 Å². The Kier molecular flexibility index (Phi) is 3.76. The summed E-state index contributed by atoms with van der Waals surface area (Å²) in [5.74, 6) is -1.23. The van der Waals surface area contributed by atoms with E-state index in [4.69, 9.17) is 5.26 Å². The van der Waals surface area contributed by atoms with Gasteiger partial charge in [-0.05, 0) is 36.8 Å². The highest BCUT2D eigenvalue weighted by atomic mass is 19.1. The van der Waals surface area contributed by atoms with E-state index in [-0.39, 0.29) is 11.7 Å². The van der Waals surface area contributed by atoms with Crippen LogP contribution >= 0.6 is 0 Å². The van der Waals surface area contributed by atoms with Gasteiger partial charge >= 0.3 is 0 Å². The first-order valence-corrected chi connectivity index (χ1v) is 5.82. The zero-order valence-electron chi connectivity index (χ0n) is 10.3. The molecule has 0 saturated carbocycles. The zero-order valence-corrected chi connectivity index (χ0v) is 10.3. The Bertz CT molecular complexity index is 615. The summed E-state index contributed by atoms with van der Waals surface area (Å²) in [5, 5.41) is 11.7. The molecule has 2 nitrogen and oxygen atoms in total. The fourth-order valence-electron chi connectivity index (χ4n) is 1.77. The number of nitrogens with one attached hydrogen (secondary N) is 1. The molecule has 0 radical (unpaired) electrons. The summed E-state index contributed by atoms with van der Waals surface area (Å²) < 4.78 is 26.3. The molecule has 0 amide bonds. The molecule has 0 spiro atoms. The first-order chi connectivity index (χ1) is 9.10. The molecule has 0 aliphatic heterocycles. The standard InChI is InChI=1S/C15H12F2N2/c1-10(12-4-2-11(9-18)3-5-12)19-15-7-6-13(16)8-14(15)17/h2-8,10,19H,1H3. The monoisotopic (exact) mass is 258 g/mol. The number of hydrogen-bond acceptors (Lipinski definition) is 2. The summed E-state index contributed by atoms with van der Waals surface area (Å²) in [6.45, 7) is 1.87. The van der Waals surface area contributed by atoms with Crippen LogP contribution in [0.3, 0.4) is 0 Å². The fourth-order valence-corrected chi connectivity index (χ4v) is 1.77. The lowest BCUT2D eigenvalue weighted by molar-refractivity contribution is 0.584. The maximum atomic E-state index is 13.5. The zero-order chi connectivity index (χ0) is 13.8. The molecule has 0 heterocycles. The second-order valence-electron chi connectivity index (χ2n) is 4.22. The maximum absolute atomic E-state index is 13.5. The van der Waals surface area contributed by atoms with Crippen molar-refractivity contribution in [1.29, 1.82) is 5.26 Å². The summed E-state index contributed by atoms with van der Waals surface area (Å²) in [4.78, 5) is 0. The fraction of sp³-hybridized carbons (Fsp3) is 0.133. The van der Waals surface area contributed by atoms with Crippen molar-refractivity contribution in [3.05, 3.63) is 65.2 Å². The van der Waals surface area contributed by atoms with Crippen molar-refractivity contribution in [3.8, 4) is 6.07 Å². The van der Waals surface area contributed by atoms with E-state index in [2.05, 4.69) is 5.32 Å². The minimum atomic E-state index is -0.625. The highest BCUT2D eigenvalue weighted by Gasteiger charge is 2.09. The van der Waals surface area contributed by atoms with Gasteiger partial charge in [-0.3, -0.25) is 0 Å². The number of anilines is 1. The van der Waals surface area contributed by atoms with Gasteiger partial charge in [-0.15, -0.1) is 0 Å². The van der Waals surface area contributed by atoms with Gasteiger partial charge in [0.1, 0.15) is 11.6 Å². The molecule has 0 aliphatic carbocycles. The second kappa shape index (κ2) is 5.49. The van der Waals surface area contributed by atoms with E-state index in [1.54, 1.807) is 24.3 Å². The number of halogens is 2. The molecule has 1 unspecified atom stereocenters. The third-order valence-corrected chi connectivity index (χ3v) is 2.84. The summed E-state index contributed by atoms with van der Waals surface area (Å²) in [5.41, 5.74) is 1.74. The predicted octanol–water partition coefficient (Wildman–Crippen LogP) is 4.01. The number of nitriles is 1. The minimum absolute atomic E-state index is 0.146. The Hall–Kier alpha value is -2.41. The van der Waals surface area contributed by atoms with E-state index in [1.807, 2.05) is 13.0 Å².